The van der Waals surface area contributed by atoms with Crippen molar-refractivity contribution in [2.75, 3.05) is 19.6 Å². The van der Waals surface area contributed by atoms with Gasteiger partial charge < -0.3 is 11.1 Å². The lowest BCUT2D eigenvalue weighted by Crippen LogP contribution is -2.44. The number of rotatable bonds is 5. The second kappa shape index (κ2) is 7.62. The number of nitrogens with two attached hydrogens (primary N) is 1. The van der Waals surface area contributed by atoms with Crippen LogP contribution in [0, 0.1) is 5.92 Å². The molecule has 1 aromatic rings. The maximum Gasteiger partial charge on any atom is 0.417 e. The monoisotopic (exact) mass is 393 g/mol. The average Bonchev–Trinajstić information content (AvgIpc) is 2.59. The Morgan fingerprint density at radius 2 is 1.77 bits per heavy atom. The molecule has 1 saturated heterocycles. The molecule has 0 unspecified atom stereocenters. The number of piperidine rings is 1. The van der Waals surface area contributed by atoms with Crippen molar-refractivity contribution in [3.63, 3.8) is 0 Å². The Balaban J connectivity index is 2.12. The molecule has 1 heterocycles. The van der Waals surface area contributed by atoms with Gasteiger partial charge in [0.1, 0.15) is 0 Å². The summed E-state index contributed by atoms with van der Waals surface area (Å²) in [4.78, 5) is 21.7. The van der Waals surface area contributed by atoms with Crippen molar-refractivity contribution in [1.29, 1.82) is 0 Å². The molecule has 2 amide bonds. The molecule has 144 valence electrons. The SMILES string of the molecule is NC(=O)CNC(=O)C1CCN(S(=O)(=O)c2ccccc2C(F)(F)F)CC1. The molecule has 0 radical (unpaired) electrons. The zero-order valence-electron chi connectivity index (χ0n) is 13.6. The predicted molar refractivity (Wildman–Crippen MR) is 85.1 cm³/mol. The van der Waals surface area contributed by atoms with Gasteiger partial charge in [-0.25, -0.2) is 8.42 Å². The summed E-state index contributed by atoms with van der Waals surface area (Å²) >= 11 is 0. The number of amides is 2. The van der Waals surface area contributed by atoms with Gasteiger partial charge in [0.15, 0.2) is 0 Å². The first-order chi connectivity index (χ1) is 12.0. The van der Waals surface area contributed by atoms with Gasteiger partial charge in [-0.2, -0.15) is 17.5 Å². The Kier molecular flexibility index (Phi) is 5.91. The van der Waals surface area contributed by atoms with E-state index in [1.54, 1.807) is 0 Å². The van der Waals surface area contributed by atoms with Gasteiger partial charge >= 0.3 is 6.18 Å². The highest BCUT2D eigenvalue weighted by atomic mass is 32.2. The van der Waals surface area contributed by atoms with Crippen LogP contribution in [0.5, 0.6) is 0 Å². The highest BCUT2D eigenvalue weighted by Gasteiger charge is 2.40. The highest BCUT2D eigenvalue weighted by molar-refractivity contribution is 7.89. The van der Waals surface area contributed by atoms with Gasteiger partial charge in [-0.1, -0.05) is 12.1 Å². The fraction of sp³-hybridized carbons (Fsp3) is 0.467. The Morgan fingerprint density at radius 1 is 1.19 bits per heavy atom. The lowest BCUT2D eigenvalue weighted by molar-refractivity contribution is -0.140. The number of hydrogen-bond donors (Lipinski definition) is 2. The van der Waals surface area contributed by atoms with E-state index in [-0.39, 0.29) is 32.5 Å². The van der Waals surface area contributed by atoms with E-state index in [1.807, 2.05) is 0 Å². The van der Waals surface area contributed by atoms with Crippen molar-refractivity contribution in [2.45, 2.75) is 23.9 Å². The Labute approximate surface area is 148 Å². The van der Waals surface area contributed by atoms with Crippen LogP contribution < -0.4 is 11.1 Å². The minimum Gasteiger partial charge on any atom is -0.368 e. The van der Waals surface area contributed by atoms with Gasteiger partial charge in [-0.15, -0.1) is 0 Å². The molecule has 0 saturated carbocycles. The van der Waals surface area contributed by atoms with Crippen LogP contribution in [0.25, 0.3) is 0 Å². The van der Waals surface area contributed by atoms with E-state index in [4.69, 9.17) is 5.73 Å². The van der Waals surface area contributed by atoms with Crippen molar-refractivity contribution < 1.29 is 31.2 Å². The van der Waals surface area contributed by atoms with Gasteiger partial charge in [0.05, 0.1) is 17.0 Å². The first kappa shape index (κ1) is 20.2. The molecule has 11 heteroatoms. The van der Waals surface area contributed by atoms with Gasteiger partial charge in [0, 0.05) is 19.0 Å². The fourth-order valence-corrected chi connectivity index (χ4v) is 4.42. The average molecular weight is 393 g/mol. The van der Waals surface area contributed by atoms with Gasteiger partial charge in [0.25, 0.3) is 0 Å². The maximum atomic E-state index is 13.1. The van der Waals surface area contributed by atoms with Gasteiger partial charge in [-0.05, 0) is 25.0 Å². The number of alkyl halides is 3. The molecule has 1 fully saturated rings. The number of sulfonamides is 1. The third kappa shape index (κ3) is 4.52. The zero-order chi connectivity index (χ0) is 19.5. The molecule has 7 nitrogen and oxygen atoms in total. The molecule has 1 aromatic carbocycles. The molecule has 1 aliphatic heterocycles. The Morgan fingerprint density at radius 3 is 2.31 bits per heavy atom. The molecule has 0 aliphatic carbocycles. The Hall–Kier alpha value is -2.14. The number of hydrogen-bond acceptors (Lipinski definition) is 4. The van der Waals surface area contributed by atoms with E-state index in [1.165, 1.54) is 6.07 Å². The maximum absolute atomic E-state index is 13.1. The quantitative estimate of drug-likeness (QED) is 0.768. The van der Waals surface area contributed by atoms with E-state index in [2.05, 4.69) is 5.32 Å². The Bertz CT molecular complexity index is 788. The summed E-state index contributed by atoms with van der Waals surface area (Å²) < 4.78 is 65.4. The molecule has 26 heavy (non-hydrogen) atoms. The first-order valence-corrected chi connectivity index (χ1v) is 9.20. The van der Waals surface area contributed by atoms with Crippen LogP contribution in [0.15, 0.2) is 29.2 Å². The van der Waals surface area contributed by atoms with Crippen molar-refractivity contribution in [2.24, 2.45) is 11.7 Å². The zero-order valence-corrected chi connectivity index (χ0v) is 14.4. The first-order valence-electron chi connectivity index (χ1n) is 7.76. The number of nitrogens with one attached hydrogen (secondary N) is 1. The molecule has 0 bridgehead atoms. The van der Waals surface area contributed by atoms with Crippen LogP contribution in [-0.2, 0) is 25.8 Å². The summed E-state index contributed by atoms with van der Waals surface area (Å²) in [7, 11) is -4.34. The minimum atomic E-state index is -4.80. The molecule has 2 rings (SSSR count). The van der Waals surface area contributed by atoms with Crippen molar-refractivity contribution >= 4 is 21.8 Å². The number of carbonyl (C=O) groups is 2. The third-order valence-electron chi connectivity index (χ3n) is 4.07. The standard InChI is InChI=1S/C15H18F3N3O4S/c16-15(17,18)11-3-1-2-4-12(11)26(24,25)21-7-5-10(6-8-21)14(23)20-9-13(19)22/h1-4,10H,5-9H2,(H2,19,22)(H,20,23). The summed E-state index contributed by atoms with van der Waals surface area (Å²) in [5.74, 6) is -1.67. The van der Waals surface area contributed by atoms with Gasteiger partial charge in [-0.3, -0.25) is 9.59 Å². The van der Waals surface area contributed by atoms with E-state index in [9.17, 15) is 31.2 Å². The second-order valence-electron chi connectivity index (χ2n) is 5.86. The van der Waals surface area contributed by atoms with Crippen molar-refractivity contribution in [1.82, 2.24) is 9.62 Å². The summed E-state index contributed by atoms with van der Waals surface area (Å²) in [5, 5.41) is 2.34. The van der Waals surface area contributed by atoms with E-state index >= 15 is 0 Å². The van der Waals surface area contributed by atoms with E-state index < -0.39 is 44.4 Å². The van der Waals surface area contributed by atoms with Crippen molar-refractivity contribution in [3.05, 3.63) is 29.8 Å². The molecule has 0 spiro atoms. The largest absolute Gasteiger partial charge is 0.417 e. The summed E-state index contributed by atoms with van der Waals surface area (Å²) in [5.41, 5.74) is 3.71. The van der Waals surface area contributed by atoms with Crippen LogP contribution >= 0.6 is 0 Å². The molecule has 0 aromatic heterocycles. The van der Waals surface area contributed by atoms with Crippen molar-refractivity contribution in [3.8, 4) is 0 Å². The second-order valence-corrected chi connectivity index (χ2v) is 7.76. The summed E-state index contributed by atoms with van der Waals surface area (Å²) in [6.07, 6.45) is -4.52. The van der Waals surface area contributed by atoms with Crippen LogP contribution in [0.1, 0.15) is 18.4 Å². The van der Waals surface area contributed by atoms with E-state index in [0.717, 1.165) is 22.5 Å². The summed E-state index contributed by atoms with van der Waals surface area (Å²) in [6, 6.07) is 3.99. The molecule has 3 N–H and O–H groups in total. The van der Waals surface area contributed by atoms with Crippen LogP contribution in [0.2, 0.25) is 0 Å². The fourth-order valence-electron chi connectivity index (χ4n) is 2.74. The molecular weight excluding hydrogens is 375 g/mol. The van der Waals surface area contributed by atoms with Crippen LogP contribution in [0.4, 0.5) is 13.2 Å². The van der Waals surface area contributed by atoms with Gasteiger partial charge in [0.2, 0.25) is 21.8 Å². The molecule has 1 aliphatic rings. The number of primary amides is 1. The minimum absolute atomic E-state index is 0.0941. The lowest BCUT2D eigenvalue weighted by atomic mass is 9.97. The molecule has 0 atom stereocenters. The van der Waals surface area contributed by atoms with Crippen LogP contribution in [0.3, 0.4) is 0 Å². The smallest absolute Gasteiger partial charge is 0.368 e. The topological polar surface area (TPSA) is 110 Å². The highest BCUT2D eigenvalue weighted by Crippen LogP contribution is 2.36. The number of benzene rings is 1. The predicted octanol–water partition coefficient (Wildman–Crippen LogP) is 0.708. The number of carbonyl (C=O) groups excluding carboxylic acids is 2. The normalized spacial score (nSPS) is 17.0. The van der Waals surface area contributed by atoms with Crippen LogP contribution in [-0.4, -0.2) is 44.2 Å². The molecular formula is C15H18F3N3O4S. The number of halogens is 3. The number of nitrogens with zero attached hydrogens (tertiary/aromatic N) is 1. The lowest BCUT2D eigenvalue weighted by Gasteiger charge is -2.31. The summed E-state index contributed by atoms with van der Waals surface area (Å²) in [6.45, 7) is -0.511. The third-order valence-corrected chi connectivity index (χ3v) is 6.03. The van der Waals surface area contributed by atoms with E-state index in [0.29, 0.717) is 0 Å².